The number of hydrogen-bond donors (Lipinski definition) is 2. The van der Waals surface area contributed by atoms with Crippen LogP contribution in [-0.4, -0.2) is 44.6 Å². The molecule has 0 aromatic carbocycles. The molecular formula is C20H20FN5O3. The first-order chi connectivity index (χ1) is 14.0. The molecule has 9 heteroatoms. The summed E-state index contributed by atoms with van der Waals surface area (Å²) in [5.74, 6) is -0.583. The van der Waals surface area contributed by atoms with Crippen LogP contribution in [0.1, 0.15) is 34.8 Å². The molecule has 0 fully saturated rings. The molecule has 3 heterocycles. The fourth-order valence-corrected chi connectivity index (χ4v) is 2.58. The lowest BCUT2D eigenvalue weighted by Gasteiger charge is -2.08. The van der Waals surface area contributed by atoms with Crippen LogP contribution in [0.5, 0.6) is 5.75 Å². The molecule has 3 aromatic rings. The Labute approximate surface area is 166 Å². The second kappa shape index (κ2) is 9.16. The number of halogens is 1. The van der Waals surface area contributed by atoms with Gasteiger partial charge in [0.15, 0.2) is 0 Å². The maximum Gasteiger partial charge on any atom is 0.271 e. The summed E-state index contributed by atoms with van der Waals surface area (Å²) in [6.07, 6.45) is 5.31. The van der Waals surface area contributed by atoms with E-state index in [1.54, 1.807) is 31.3 Å². The van der Waals surface area contributed by atoms with Gasteiger partial charge in [0.1, 0.15) is 11.4 Å². The third-order valence-corrected chi connectivity index (χ3v) is 4.18. The minimum Gasteiger partial charge on any atom is -0.495 e. The van der Waals surface area contributed by atoms with Gasteiger partial charge in [0.2, 0.25) is 5.95 Å². The molecule has 0 spiro atoms. The normalized spacial score (nSPS) is 11.7. The summed E-state index contributed by atoms with van der Waals surface area (Å²) in [5, 5.41) is 12.2. The van der Waals surface area contributed by atoms with Gasteiger partial charge < -0.3 is 15.2 Å². The fraction of sp³-hybridized carbons (Fsp3) is 0.250. The summed E-state index contributed by atoms with van der Waals surface area (Å²) in [6, 6.07) is 4.98. The summed E-state index contributed by atoms with van der Waals surface area (Å²) in [6.45, 7) is 1.82. The molecule has 0 saturated carbocycles. The van der Waals surface area contributed by atoms with E-state index in [4.69, 9.17) is 4.74 Å². The van der Waals surface area contributed by atoms with Crippen molar-refractivity contribution in [2.24, 2.45) is 0 Å². The third kappa shape index (κ3) is 5.08. The van der Waals surface area contributed by atoms with Crippen LogP contribution in [0.4, 0.5) is 4.39 Å². The van der Waals surface area contributed by atoms with Gasteiger partial charge in [-0.2, -0.15) is 4.39 Å². The SMILES string of the molecule is COc1cnc(F)c(CCNC(=O)c2cncc(-c3ccc(C(C)O)nc3)n2)c1. The molecule has 2 N–H and O–H groups in total. The Balaban J connectivity index is 1.65. The van der Waals surface area contributed by atoms with Gasteiger partial charge in [0.25, 0.3) is 5.91 Å². The van der Waals surface area contributed by atoms with Crippen LogP contribution in [0.15, 0.2) is 43.0 Å². The van der Waals surface area contributed by atoms with Crippen molar-refractivity contribution in [2.45, 2.75) is 19.4 Å². The van der Waals surface area contributed by atoms with Crippen molar-refractivity contribution in [3.63, 3.8) is 0 Å². The molecule has 3 aromatic heterocycles. The number of nitrogens with zero attached hydrogens (tertiary/aromatic N) is 4. The first-order valence-corrected chi connectivity index (χ1v) is 8.91. The largest absolute Gasteiger partial charge is 0.495 e. The van der Waals surface area contributed by atoms with Crippen molar-refractivity contribution in [3.8, 4) is 17.0 Å². The van der Waals surface area contributed by atoms with E-state index in [-0.39, 0.29) is 18.7 Å². The number of amides is 1. The topological polar surface area (TPSA) is 110 Å². The predicted molar refractivity (Wildman–Crippen MR) is 103 cm³/mol. The lowest BCUT2D eigenvalue weighted by Crippen LogP contribution is -2.27. The lowest BCUT2D eigenvalue weighted by molar-refractivity contribution is 0.0948. The molecule has 0 aliphatic carbocycles. The molecule has 0 aliphatic heterocycles. The number of rotatable bonds is 7. The van der Waals surface area contributed by atoms with E-state index in [1.807, 2.05) is 0 Å². The highest BCUT2D eigenvalue weighted by Crippen LogP contribution is 2.18. The number of carbonyl (C=O) groups is 1. The van der Waals surface area contributed by atoms with Crippen molar-refractivity contribution in [3.05, 3.63) is 65.9 Å². The number of methoxy groups -OCH3 is 1. The quantitative estimate of drug-likeness (QED) is 0.588. The zero-order valence-electron chi connectivity index (χ0n) is 16.0. The number of ether oxygens (including phenoxy) is 1. The Hall–Kier alpha value is -3.46. The second-order valence-corrected chi connectivity index (χ2v) is 6.27. The monoisotopic (exact) mass is 397 g/mol. The highest BCUT2D eigenvalue weighted by atomic mass is 19.1. The Morgan fingerprint density at radius 1 is 1.24 bits per heavy atom. The van der Waals surface area contributed by atoms with E-state index >= 15 is 0 Å². The molecule has 8 nitrogen and oxygen atoms in total. The number of nitrogens with one attached hydrogen (secondary N) is 1. The van der Waals surface area contributed by atoms with E-state index in [9.17, 15) is 14.3 Å². The van der Waals surface area contributed by atoms with Crippen molar-refractivity contribution in [2.75, 3.05) is 13.7 Å². The van der Waals surface area contributed by atoms with Crippen molar-refractivity contribution in [1.82, 2.24) is 25.3 Å². The highest BCUT2D eigenvalue weighted by molar-refractivity contribution is 5.92. The Bertz CT molecular complexity index is 996. The number of aromatic nitrogens is 4. The second-order valence-electron chi connectivity index (χ2n) is 6.27. The average molecular weight is 397 g/mol. The molecule has 150 valence electrons. The van der Waals surface area contributed by atoms with Gasteiger partial charge in [0, 0.05) is 23.9 Å². The van der Waals surface area contributed by atoms with E-state index in [1.165, 1.54) is 25.7 Å². The molecule has 0 bridgehead atoms. The van der Waals surface area contributed by atoms with Gasteiger partial charge in [-0.15, -0.1) is 0 Å². The Morgan fingerprint density at radius 2 is 2.07 bits per heavy atom. The summed E-state index contributed by atoms with van der Waals surface area (Å²) < 4.78 is 18.8. The summed E-state index contributed by atoms with van der Waals surface area (Å²) in [4.78, 5) is 28.5. The maximum atomic E-state index is 13.7. The number of aliphatic hydroxyl groups excluding tert-OH is 1. The van der Waals surface area contributed by atoms with Crippen LogP contribution in [-0.2, 0) is 6.42 Å². The van der Waals surface area contributed by atoms with Crippen molar-refractivity contribution >= 4 is 5.91 Å². The molecule has 3 rings (SSSR count). The highest BCUT2D eigenvalue weighted by Gasteiger charge is 2.12. The van der Waals surface area contributed by atoms with Crippen LogP contribution < -0.4 is 10.1 Å². The average Bonchev–Trinajstić information content (AvgIpc) is 2.75. The molecule has 1 amide bonds. The first-order valence-electron chi connectivity index (χ1n) is 8.91. The molecule has 29 heavy (non-hydrogen) atoms. The fourth-order valence-electron chi connectivity index (χ4n) is 2.58. The molecular weight excluding hydrogens is 377 g/mol. The minimum atomic E-state index is -0.670. The number of hydrogen-bond acceptors (Lipinski definition) is 7. The maximum absolute atomic E-state index is 13.7. The van der Waals surface area contributed by atoms with Crippen molar-refractivity contribution < 1.29 is 19.0 Å². The minimum absolute atomic E-state index is 0.131. The van der Waals surface area contributed by atoms with Gasteiger partial charge in [0.05, 0.1) is 43.2 Å². The zero-order chi connectivity index (χ0) is 20.8. The van der Waals surface area contributed by atoms with E-state index in [0.29, 0.717) is 28.3 Å². The summed E-state index contributed by atoms with van der Waals surface area (Å²) >= 11 is 0. The molecule has 1 unspecified atom stereocenters. The van der Waals surface area contributed by atoms with Crippen LogP contribution in [0.3, 0.4) is 0 Å². The Morgan fingerprint density at radius 3 is 2.76 bits per heavy atom. The summed E-state index contributed by atoms with van der Waals surface area (Å²) in [5.41, 5.74) is 2.15. The van der Waals surface area contributed by atoms with Crippen LogP contribution in [0, 0.1) is 5.95 Å². The van der Waals surface area contributed by atoms with Gasteiger partial charge >= 0.3 is 0 Å². The number of carbonyl (C=O) groups excluding carboxylic acids is 1. The van der Waals surface area contributed by atoms with E-state index in [0.717, 1.165) is 0 Å². The van der Waals surface area contributed by atoms with Gasteiger partial charge in [-0.05, 0) is 31.5 Å². The molecule has 0 radical (unpaired) electrons. The number of aliphatic hydroxyl groups is 1. The van der Waals surface area contributed by atoms with E-state index < -0.39 is 18.0 Å². The molecule has 1 atom stereocenters. The lowest BCUT2D eigenvalue weighted by atomic mass is 10.1. The third-order valence-electron chi connectivity index (χ3n) is 4.18. The Kier molecular flexibility index (Phi) is 6.40. The smallest absolute Gasteiger partial charge is 0.271 e. The number of pyridine rings is 2. The van der Waals surface area contributed by atoms with Gasteiger partial charge in [-0.1, -0.05) is 0 Å². The zero-order valence-corrected chi connectivity index (χ0v) is 16.0. The first kappa shape index (κ1) is 20.3. The van der Waals surface area contributed by atoms with E-state index in [2.05, 4.69) is 25.3 Å². The molecule has 0 saturated heterocycles. The summed E-state index contributed by atoms with van der Waals surface area (Å²) in [7, 11) is 1.47. The van der Waals surface area contributed by atoms with Crippen LogP contribution in [0.25, 0.3) is 11.3 Å². The van der Waals surface area contributed by atoms with Crippen molar-refractivity contribution in [1.29, 1.82) is 0 Å². The standard InChI is InChI=1S/C20H20FN5O3/c1-12(27)16-4-3-14(8-24-16)17-10-22-11-18(26-17)20(28)23-6-5-13-7-15(29-2)9-25-19(13)21/h3-4,7-12,27H,5-6H2,1-2H3,(H,23,28). The molecule has 0 aliphatic rings. The van der Waals surface area contributed by atoms with Gasteiger partial charge in [-0.25, -0.2) is 9.97 Å². The van der Waals surface area contributed by atoms with Crippen LogP contribution in [0.2, 0.25) is 0 Å². The predicted octanol–water partition coefficient (Wildman–Crippen LogP) is 2.11. The van der Waals surface area contributed by atoms with Gasteiger partial charge in [-0.3, -0.25) is 14.8 Å². The van der Waals surface area contributed by atoms with Crippen LogP contribution >= 0.6 is 0 Å².